The monoisotopic (exact) mass is 570 g/mol. The van der Waals surface area contributed by atoms with E-state index >= 15 is 0 Å². The van der Waals surface area contributed by atoms with Gasteiger partial charge in [-0.15, -0.1) is 0 Å². The second-order valence-corrected chi connectivity index (χ2v) is 18.2. The average Bonchev–Trinajstić information content (AvgIpc) is 2.87. The molecule has 4 aromatic carbocycles. The van der Waals surface area contributed by atoms with Crippen molar-refractivity contribution < 1.29 is 14.2 Å². The quantitative estimate of drug-likeness (QED) is 0.229. The van der Waals surface area contributed by atoms with Crippen molar-refractivity contribution in [2.45, 2.75) is 66.8 Å². The van der Waals surface area contributed by atoms with Crippen LogP contribution in [-0.2, 0) is 0 Å². The molecule has 0 aromatic heterocycles. The summed E-state index contributed by atoms with van der Waals surface area (Å²) >= 11 is -3.85. The Morgan fingerprint density at radius 2 is 0.711 bits per heavy atom. The minimum atomic E-state index is -3.85. The van der Waals surface area contributed by atoms with Crippen molar-refractivity contribution in [2.24, 2.45) is 0 Å². The SMILES string of the molecule is Cc1cccc[c]1[Ge]([c]1ccccc1OC(C)C)([c]1ccccc1OC(C)C)[c]1ccccc1OC(C)C. The van der Waals surface area contributed by atoms with Crippen LogP contribution in [0.5, 0.6) is 17.2 Å². The number of para-hydroxylation sites is 3. The molecule has 0 atom stereocenters. The Balaban J connectivity index is 2.26. The Labute approximate surface area is 231 Å². The summed E-state index contributed by atoms with van der Waals surface area (Å²) in [5.74, 6) is 2.76. The van der Waals surface area contributed by atoms with E-state index < -0.39 is 13.3 Å². The van der Waals surface area contributed by atoms with E-state index in [2.05, 4.69) is 146 Å². The molecule has 3 nitrogen and oxygen atoms in total. The van der Waals surface area contributed by atoms with Gasteiger partial charge in [-0.2, -0.15) is 0 Å². The van der Waals surface area contributed by atoms with Crippen LogP contribution in [-0.4, -0.2) is 31.6 Å². The summed E-state index contributed by atoms with van der Waals surface area (Å²) in [7, 11) is 0. The summed E-state index contributed by atoms with van der Waals surface area (Å²) in [4.78, 5) is 0. The number of aryl methyl sites for hydroxylation is 1. The Kier molecular flexibility index (Phi) is 8.88. The van der Waals surface area contributed by atoms with Gasteiger partial charge in [-0.3, -0.25) is 0 Å². The molecule has 4 aromatic rings. The third kappa shape index (κ3) is 5.63. The van der Waals surface area contributed by atoms with Crippen LogP contribution in [0, 0.1) is 6.92 Å². The molecule has 0 bridgehead atoms. The summed E-state index contributed by atoms with van der Waals surface area (Å²) in [5, 5.41) is 0. The van der Waals surface area contributed by atoms with E-state index in [4.69, 9.17) is 14.2 Å². The number of benzene rings is 4. The van der Waals surface area contributed by atoms with Crippen molar-refractivity contribution in [3.05, 3.63) is 103 Å². The molecule has 4 heteroatoms. The van der Waals surface area contributed by atoms with Gasteiger partial charge in [0, 0.05) is 0 Å². The second-order valence-electron chi connectivity index (χ2n) is 10.6. The molecule has 0 heterocycles. The van der Waals surface area contributed by atoms with Crippen molar-refractivity contribution in [3.8, 4) is 17.2 Å². The van der Waals surface area contributed by atoms with E-state index in [9.17, 15) is 0 Å². The van der Waals surface area contributed by atoms with Crippen molar-refractivity contribution in [3.63, 3.8) is 0 Å². The molecule has 0 unspecified atom stereocenters. The standard InChI is InChI=1S/C34H40GeO3/c1-24(2)36-32-21-13-10-18-29(32)35(28-17-9-8-16-27(28)7,30-19-11-14-22-33(30)37-25(3)4)31-20-12-15-23-34(31)38-26(5)6/h8-26H,1-7H3. The molecule has 198 valence electrons. The van der Waals surface area contributed by atoms with E-state index in [0.717, 1.165) is 17.2 Å². The molecule has 38 heavy (non-hydrogen) atoms. The molecule has 4 rings (SSSR count). The van der Waals surface area contributed by atoms with Gasteiger partial charge >= 0.3 is 232 Å². The van der Waals surface area contributed by atoms with Crippen LogP contribution in [0.4, 0.5) is 0 Å². The summed E-state index contributed by atoms with van der Waals surface area (Å²) in [6.07, 6.45) is 0.118. The number of hydrogen-bond acceptors (Lipinski definition) is 3. The van der Waals surface area contributed by atoms with E-state index in [1.54, 1.807) is 0 Å². The molecular weight excluding hydrogens is 529 g/mol. The zero-order valence-corrected chi connectivity index (χ0v) is 25.8. The first-order chi connectivity index (χ1) is 18.2. The Bertz CT molecular complexity index is 1230. The molecule has 0 saturated carbocycles. The van der Waals surface area contributed by atoms with Gasteiger partial charge in [0.15, 0.2) is 0 Å². The topological polar surface area (TPSA) is 27.7 Å². The first-order valence-electron chi connectivity index (χ1n) is 13.6. The van der Waals surface area contributed by atoms with Crippen molar-refractivity contribution in [1.82, 2.24) is 0 Å². The summed E-state index contributed by atoms with van der Waals surface area (Å²) < 4.78 is 24.7. The maximum atomic E-state index is 6.56. The predicted molar refractivity (Wildman–Crippen MR) is 162 cm³/mol. The molecule has 0 aliphatic heterocycles. The molecule has 0 N–H and O–H groups in total. The van der Waals surface area contributed by atoms with Crippen LogP contribution in [0.2, 0.25) is 0 Å². The fraction of sp³-hybridized carbons (Fsp3) is 0.294. The van der Waals surface area contributed by atoms with Crippen LogP contribution in [0.15, 0.2) is 97.1 Å². The molecule has 0 saturated heterocycles. The molecule has 0 aliphatic carbocycles. The third-order valence-corrected chi connectivity index (χ3v) is 17.1. The summed E-state index contributed by atoms with van der Waals surface area (Å²) in [6.45, 7) is 14.8. The third-order valence-electron chi connectivity index (χ3n) is 6.51. The fourth-order valence-corrected chi connectivity index (χ4v) is 16.5. The van der Waals surface area contributed by atoms with Crippen molar-refractivity contribution in [2.75, 3.05) is 0 Å². The molecular formula is C34H40GeO3. The van der Waals surface area contributed by atoms with Gasteiger partial charge < -0.3 is 0 Å². The molecule has 0 radical (unpaired) electrons. The number of ether oxygens (including phenoxy) is 3. The van der Waals surface area contributed by atoms with Gasteiger partial charge in [-0.1, -0.05) is 0 Å². The predicted octanol–water partition coefficient (Wildman–Crippen LogP) is 5.73. The Hall–Kier alpha value is -3.18. The van der Waals surface area contributed by atoms with Crippen LogP contribution in [0.1, 0.15) is 47.1 Å². The first-order valence-corrected chi connectivity index (χ1v) is 17.8. The maximum absolute atomic E-state index is 6.56. The van der Waals surface area contributed by atoms with Gasteiger partial charge in [0.2, 0.25) is 0 Å². The van der Waals surface area contributed by atoms with E-state index in [-0.39, 0.29) is 18.3 Å². The summed E-state index contributed by atoms with van der Waals surface area (Å²) in [5.41, 5.74) is 1.26. The van der Waals surface area contributed by atoms with Crippen LogP contribution < -0.4 is 31.8 Å². The number of rotatable bonds is 10. The van der Waals surface area contributed by atoms with Crippen LogP contribution >= 0.6 is 0 Å². The molecule has 0 fully saturated rings. The van der Waals surface area contributed by atoms with Gasteiger partial charge in [0.1, 0.15) is 0 Å². The summed E-state index contributed by atoms with van der Waals surface area (Å²) in [6, 6.07) is 34.6. The zero-order chi connectivity index (χ0) is 27.3. The molecule has 0 aliphatic rings. The van der Waals surface area contributed by atoms with E-state index in [0.29, 0.717) is 0 Å². The van der Waals surface area contributed by atoms with Gasteiger partial charge in [0.05, 0.1) is 0 Å². The van der Waals surface area contributed by atoms with Crippen molar-refractivity contribution in [1.29, 1.82) is 0 Å². The Morgan fingerprint density at radius 3 is 1.03 bits per heavy atom. The van der Waals surface area contributed by atoms with Gasteiger partial charge in [-0.05, 0) is 0 Å². The van der Waals surface area contributed by atoms with Crippen molar-refractivity contribution >= 4 is 30.8 Å². The second kappa shape index (κ2) is 12.1. The van der Waals surface area contributed by atoms with Crippen LogP contribution in [0.3, 0.4) is 0 Å². The molecule has 0 spiro atoms. The van der Waals surface area contributed by atoms with E-state index in [1.165, 1.54) is 23.1 Å². The van der Waals surface area contributed by atoms with E-state index in [1.807, 2.05) is 0 Å². The first kappa shape index (κ1) is 27.8. The van der Waals surface area contributed by atoms with Gasteiger partial charge in [0.25, 0.3) is 0 Å². The minimum absolute atomic E-state index is 0.0393. The van der Waals surface area contributed by atoms with Gasteiger partial charge in [-0.25, -0.2) is 0 Å². The Morgan fingerprint density at radius 1 is 0.421 bits per heavy atom. The fourth-order valence-electron chi connectivity index (χ4n) is 5.26. The average molecular weight is 569 g/mol. The zero-order valence-electron chi connectivity index (χ0n) is 23.7. The normalized spacial score (nSPS) is 11.7. The van der Waals surface area contributed by atoms with Crippen LogP contribution in [0.25, 0.3) is 0 Å². The molecule has 0 amide bonds. The number of hydrogen-bond donors (Lipinski definition) is 0.